The van der Waals surface area contributed by atoms with Gasteiger partial charge in [0.25, 0.3) is 0 Å². The van der Waals surface area contributed by atoms with Crippen LogP contribution in [0.3, 0.4) is 0 Å². The summed E-state index contributed by atoms with van der Waals surface area (Å²) in [6, 6.07) is 9.89. The number of fused-ring (bicyclic) bond motifs is 1. The van der Waals surface area contributed by atoms with Crippen molar-refractivity contribution in [1.29, 1.82) is 0 Å². The predicted molar refractivity (Wildman–Crippen MR) is 72.7 cm³/mol. The van der Waals surface area contributed by atoms with Crippen molar-refractivity contribution in [3.8, 4) is 0 Å². The highest BCUT2D eigenvalue weighted by molar-refractivity contribution is 6.35. The van der Waals surface area contributed by atoms with Crippen molar-refractivity contribution < 1.29 is 5.11 Å². The van der Waals surface area contributed by atoms with Crippen molar-refractivity contribution in [2.24, 2.45) is 0 Å². The zero-order chi connectivity index (χ0) is 12.5. The number of halogens is 1. The fourth-order valence-electron chi connectivity index (χ4n) is 2.42. The van der Waals surface area contributed by atoms with E-state index in [0.717, 1.165) is 42.7 Å². The van der Waals surface area contributed by atoms with Crippen LogP contribution in [0.4, 0.5) is 0 Å². The van der Waals surface area contributed by atoms with Crippen LogP contribution in [0.25, 0.3) is 10.9 Å². The van der Waals surface area contributed by atoms with Gasteiger partial charge in [0, 0.05) is 25.0 Å². The zero-order valence-electron chi connectivity index (χ0n) is 10.0. The first-order valence-electron chi connectivity index (χ1n) is 6.17. The molecule has 1 fully saturated rings. The Morgan fingerprint density at radius 3 is 3.00 bits per heavy atom. The van der Waals surface area contributed by atoms with E-state index in [9.17, 15) is 5.11 Å². The van der Waals surface area contributed by atoms with E-state index in [0.29, 0.717) is 5.02 Å². The lowest BCUT2D eigenvalue weighted by Crippen LogP contribution is -2.22. The molecule has 0 unspecified atom stereocenters. The molecular formula is C14H15ClN2O. The van der Waals surface area contributed by atoms with E-state index >= 15 is 0 Å². The minimum Gasteiger partial charge on any atom is -0.392 e. The Kier molecular flexibility index (Phi) is 3.20. The predicted octanol–water partition coefficient (Wildman–Crippen LogP) is 2.45. The smallest absolute Gasteiger partial charge is 0.0891 e. The van der Waals surface area contributed by atoms with Crippen molar-refractivity contribution in [2.45, 2.75) is 19.1 Å². The first kappa shape index (κ1) is 11.9. The zero-order valence-corrected chi connectivity index (χ0v) is 10.8. The molecule has 3 nitrogen and oxygen atoms in total. The number of benzene rings is 1. The largest absolute Gasteiger partial charge is 0.392 e. The molecule has 0 amide bonds. The number of aliphatic hydroxyl groups excluding tert-OH is 1. The maximum atomic E-state index is 9.51. The number of para-hydroxylation sites is 1. The summed E-state index contributed by atoms with van der Waals surface area (Å²) in [5, 5.41) is 11.3. The average molecular weight is 263 g/mol. The first-order chi connectivity index (χ1) is 8.72. The summed E-state index contributed by atoms with van der Waals surface area (Å²) >= 11 is 6.15. The maximum Gasteiger partial charge on any atom is 0.0891 e. The number of aliphatic hydroxyl groups is 1. The SMILES string of the molecule is O[C@@H]1CCN(Cc2ccc3cccc(Cl)c3n2)C1. The van der Waals surface area contributed by atoms with Gasteiger partial charge in [-0.15, -0.1) is 0 Å². The molecule has 0 bridgehead atoms. The Labute approximate surface area is 111 Å². The molecular weight excluding hydrogens is 248 g/mol. The highest BCUT2D eigenvalue weighted by atomic mass is 35.5. The van der Waals surface area contributed by atoms with E-state index in [4.69, 9.17) is 11.6 Å². The highest BCUT2D eigenvalue weighted by Gasteiger charge is 2.20. The second kappa shape index (κ2) is 4.84. The van der Waals surface area contributed by atoms with Crippen molar-refractivity contribution >= 4 is 22.5 Å². The standard InChI is InChI=1S/C14H15ClN2O/c15-13-3-1-2-10-4-5-11(16-14(10)13)8-17-7-6-12(18)9-17/h1-5,12,18H,6-9H2/t12-/m1/s1. The summed E-state index contributed by atoms with van der Waals surface area (Å²) in [4.78, 5) is 6.83. The number of hydrogen-bond donors (Lipinski definition) is 1. The van der Waals surface area contributed by atoms with Crippen molar-refractivity contribution in [2.75, 3.05) is 13.1 Å². The number of likely N-dealkylation sites (tertiary alicyclic amines) is 1. The van der Waals surface area contributed by atoms with Gasteiger partial charge in [-0.2, -0.15) is 0 Å². The molecule has 0 aliphatic carbocycles. The minimum absolute atomic E-state index is 0.186. The average Bonchev–Trinajstić information content (AvgIpc) is 2.76. The molecule has 2 aromatic rings. The van der Waals surface area contributed by atoms with E-state index < -0.39 is 0 Å². The van der Waals surface area contributed by atoms with Crippen LogP contribution in [0.15, 0.2) is 30.3 Å². The topological polar surface area (TPSA) is 36.4 Å². The van der Waals surface area contributed by atoms with Crippen LogP contribution in [-0.2, 0) is 6.54 Å². The molecule has 0 radical (unpaired) electrons. The lowest BCUT2D eigenvalue weighted by Gasteiger charge is -2.14. The fraction of sp³-hybridized carbons (Fsp3) is 0.357. The molecule has 18 heavy (non-hydrogen) atoms. The molecule has 0 spiro atoms. The van der Waals surface area contributed by atoms with Crippen LogP contribution in [0.1, 0.15) is 12.1 Å². The molecule has 2 heterocycles. The molecule has 94 valence electrons. The van der Waals surface area contributed by atoms with Crippen LogP contribution >= 0.6 is 11.6 Å². The van der Waals surface area contributed by atoms with Crippen LogP contribution in [-0.4, -0.2) is 34.2 Å². The Bertz CT molecular complexity index is 573. The monoisotopic (exact) mass is 262 g/mol. The number of rotatable bonds is 2. The maximum absolute atomic E-state index is 9.51. The van der Waals surface area contributed by atoms with Gasteiger partial charge in [0.1, 0.15) is 0 Å². The molecule has 1 aromatic heterocycles. The van der Waals surface area contributed by atoms with Gasteiger partial charge in [-0.25, -0.2) is 4.98 Å². The Morgan fingerprint density at radius 2 is 2.22 bits per heavy atom. The van der Waals surface area contributed by atoms with Crippen LogP contribution in [0.2, 0.25) is 5.02 Å². The summed E-state index contributed by atoms with van der Waals surface area (Å²) in [7, 11) is 0. The van der Waals surface area contributed by atoms with Crippen LogP contribution < -0.4 is 0 Å². The number of pyridine rings is 1. The third-order valence-corrected chi connectivity index (χ3v) is 3.67. The summed E-state index contributed by atoms with van der Waals surface area (Å²) in [5.74, 6) is 0. The molecule has 4 heteroatoms. The first-order valence-corrected chi connectivity index (χ1v) is 6.55. The van der Waals surface area contributed by atoms with E-state index in [1.54, 1.807) is 0 Å². The van der Waals surface area contributed by atoms with Gasteiger partial charge in [0.15, 0.2) is 0 Å². The summed E-state index contributed by atoms with van der Waals surface area (Å²) in [6.07, 6.45) is 0.669. The second-order valence-electron chi connectivity index (χ2n) is 4.79. The molecule has 1 atom stereocenters. The van der Waals surface area contributed by atoms with E-state index in [1.807, 2.05) is 24.3 Å². The minimum atomic E-state index is -0.186. The third kappa shape index (κ3) is 2.34. The van der Waals surface area contributed by atoms with E-state index in [-0.39, 0.29) is 6.10 Å². The quantitative estimate of drug-likeness (QED) is 0.903. The highest BCUT2D eigenvalue weighted by Crippen LogP contribution is 2.22. The Morgan fingerprint density at radius 1 is 1.33 bits per heavy atom. The van der Waals surface area contributed by atoms with E-state index in [2.05, 4.69) is 16.0 Å². The fourth-order valence-corrected chi connectivity index (χ4v) is 2.65. The third-order valence-electron chi connectivity index (χ3n) is 3.36. The number of hydrogen-bond acceptors (Lipinski definition) is 3. The van der Waals surface area contributed by atoms with Crippen LogP contribution in [0.5, 0.6) is 0 Å². The lowest BCUT2D eigenvalue weighted by atomic mass is 10.2. The van der Waals surface area contributed by atoms with Gasteiger partial charge in [-0.1, -0.05) is 29.8 Å². The van der Waals surface area contributed by atoms with Gasteiger partial charge >= 0.3 is 0 Å². The Hall–Kier alpha value is -1.16. The Balaban J connectivity index is 1.87. The molecule has 0 saturated carbocycles. The summed E-state index contributed by atoms with van der Waals surface area (Å²) in [5.41, 5.74) is 1.86. The van der Waals surface area contributed by atoms with Gasteiger partial charge in [-0.3, -0.25) is 4.90 Å². The molecule has 1 aromatic carbocycles. The molecule has 1 aliphatic rings. The van der Waals surface area contributed by atoms with Gasteiger partial charge < -0.3 is 5.11 Å². The molecule has 1 saturated heterocycles. The molecule has 1 N–H and O–H groups in total. The van der Waals surface area contributed by atoms with Crippen LogP contribution in [0, 0.1) is 0 Å². The van der Waals surface area contributed by atoms with Crippen molar-refractivity contribution in [1.82, 2.24) is 9.88 Å². The molecule has 1 aliphatic heterocycles. The number of aromatic nitrogens is 1. The van der Waals surface area contributed by atoms with E-state index in [1.165, 1.54) is 0 Å². The lowest BCUT2D eigenvalue weighted by molar-refractivity contribution is 0.174. The summed E-state index contributed by atoms with van der Waals surface area (Å²) < 4.78 is 0. The second-order valence-corrected chi connectivity index (χ2v) is 5.20. The van der Waals surface area contributed by atoms with Gasteiger partial charge in [0.05, 0.1) is 22.3 Å². The number of nitrogens with zero attached hydrogens (tertiary/aromatic N) is 2. The van der Waals surface area contributed by atoms with Crippen molar-refractivity contribution in [3.05, 3.63) is 41.0 Å². The summed E-state index contributed by atoms with van der Waals surface area (Å²) in [6.45, 7) is 2.45. The molecule has 3 rings (SSSR count). The number of β-amino-alcohol motifs (C(OH)–C–C–N with tert-alkyl or cyclic N) is 1. The van der Waals surface area contributed by atoms with Gasteiger partial charge in [0.2, 0.25) is 0 Å². The van der Waals surface area contributed by atoms with Crippen molar-refractivity contribution in [3.63, 3.8) is 0 Å². The normalized spacial score (nSPS) is 20.7. The van der Waals surface area contributed by atoms with Gasteiger partial charge in [-0.05, 0) is 18.6 Å².